The van der Waals surface area contributed by atoms with E-state index in [0.717, 1.165) is 24.3 Å². The number of hydrogen-bond acceptors (Lipinski definition) is 4. The Bertz CT molecular complexity index is 381. The Kier molecular flexibility index (Phi) is 2.55. The van der Waals surface area contributed by atoms with E-state index in [9.17, 15) is 4.79 Å². The van der Waals surface area contributed by atoms with Crippen LogP contribution in [0.1, 0.15) is 5.69 Å². The maximum Gasteiger partial charge on any atom is 0.322 e. The summed E-state index contributed by atoms with van der Waals surface area (Å²) >= 11 is 0. The second-order valence-corrected chi connectivity index (χ2v) is 3.61. The van der Waals surface area contributed by atoms with Crippen LogP contribution in [0.15, 0.2) is 18.3 Å². The summed E-state index contributed by atoms with van der Waals surface area (Å²) in [5, 5.41) is 8.72. The standard InChI is InChI=1S/C10H13N3O2/c11-7(10(14)15)6-13-5-3-8-9(13)2-1-4-12-8/h1-2,4,7H,3,5-6,11H2,(H,14,15). The summed E-state index contributed by atoms with van der Waals surface area (Å²) in [6, 6.07) is 2.96. The molecule has 0 spiro atoms. The number of nitrogens with zero attached hydrogens (tertiary/aromatic N) is 2. The van der Waals surface area contributed by atoms with Gasteiger partial charge < -0.3 is 15.7 Å². The molecule has 1 aromatic heterocycles. The number of carboxylic acids is 1. The first-order valence-corrected chi connectivity index (χ1v) is 4.85. The van der Waals surface area contributed by atoms with Crippen molar-refractivity contribution in [3.8, 4) is 0 Å². The second kappa shape index (κ2) is 3.86. The topological polar surface area (TPSA) is 79.5 Å². The number of carbonyl (C=O) groups is 1. The van der Waals surface area contributed by atoms with Crippen molar-refractivity contribution < 1.29 is 9.90 Å². The molecule has 2 rings (SSSR count). The van der Waals surface area contributed by atoms with Gasteiger partial charge in [0.15, 0.2) is 0 Å². The van der Waals surface area contributed by atoms with Crippen LogP contribution in [0.25, 0.3) is 0 Å². The van der Waals surface area contributed by atoms with Gasteiger partial charge in [-0.05, 0) is 12.1 Å². The summed E-state index contributed by atoms with van der Waals surface area (Å²) in [6.07, 6.45) is 2.61. The van der Waals surface area contributed by atoms with Crippen LogP contribution >= 0.6 is 0 Å². The number of hydrogen-bond donors (Lipinski definition) is 2. The van der Waals surface area contributed by atoms with Crippen molar-refractivity contribution in [2.75, 3.05) is 18.0 Å². The molecule has 5 nitrogen and oxygen atoms in total. The second-order valence-electron chi connectivity index (χ2n) is 3.61. The Morgan fingerprint density at radius 2 is 2.53 bits per heavy atom. The number of fused-ring (bicyclic) bond motifs is 1. The highest BCUT2D eigenvalue weighted by molar-refractivity contribution is 5.74. The predicted molar refractivity (Wildman–Crippen MR) is 55.8 cm³/mol. The monoisotopic (exact) mass is 207 g/mol. The van der Waals surface area contributed by atoms with Crippen molar-refractivity contribution in [3.63, 3.8) is 0 Å². The maximum atomic E-state index is 10.6. The number of nitrogens with two attached hydrogens (primary N) is 1. The highest BCUT2D eigenvalue weighted by Gasteiger charge is 2.23. The summed E-state index contributed by atoms with van der Waals surface area (Å²) in [5.41, 5.74) is 7.52. The van der Waals surface area contributed by atoms with E-state index < -0.39 is 12.0 Å². The lowest BCUT2D eigenvalue weighted by Gasteiger charge is -2.20. The van der Waals surface area contributed by atoms with E-state index in [1.54, 1.807) is 6.20 Å². The Hall–Kier alpha value is -1.62. The fourth-order valence-electron chi connectivity index (χ4n) is 1.78. The van der Waals surface area contributed by atoms with E-state index in [1.165, 1.54) is 0 Å². The first kappa shape index (κ1) is 9.92. The lowest BCUT2D eigenvalue weighted by atomic mass is 10.2. The van der Waals surface area contributed by atoms with Gasteiger partial charge in [-0.2, -0.15) is 0 Å². The van der Waals surface area contributed by atoms with Gasteiger partial charge in [0, 0.05) is 25.7 Å². The predicted octanol–water partition coefficient (Wildman–Crippen LogP) is -0.144. The molecule has 0 aromatic carbocycles. The Labute approximate surface area is 87.5 Å². The minimum absolute atomic E-state index is 0.341. The molecule has 3 N–H and O–H groups in total. The molecule has 15 heavy (non-hydrogen) atoms. The SMILES string of the molecule is NC(CN1CCc2ncccc21)C(=O)O. The molecule has 0 aliphatic carbocycles. The fourth-order valence-corrected chi connectivity index (χ4v) is 1.78. The Balaban J connectivity index is 2.11. The van der Waals surface area contributed by atoms with Crippen LogP contribution in [0, 0.1) is 0 Å². The third-order valence-electron chi connectivity index (χ3n) is 2.56. The third-order valence-corrected chi connectivity index (χ3v) is 2.56. The van der Waals surface area contributed by atoms with Crippen molar-refractivity contribution >= 4 is 11.7 Å². The van der Waals surface area contributed by atoms with Crippen LogP contribution < -0.4 is 10.6 Å². The molecular weight excluding hydrogens is 194 g/mol. The molecule has 5 heteroatoms. The average Bonchev–Trinajstić information content (AvgIpc) is 2.62. The fraction of sp³-hybridized carbons (Fsp3) is 0.400. The van der Waals surface area contributed by atoms with Gasteiger partial charge in [0.05, 0.1) is 11.4 Å². The molecule has 80 valence electrons. The van der Waals surface area contributed by atoms with Crippen molar-refractivity contribution in [1.29, 1.82) is 0 Å². The van der Waals surface area contributed by atoms with Gasteiger partial charge in [0.1, 0.15) is 6.04 Å². The molecule has 1 unspecified atom stereocenters. The van der Waals surface area contributed by atoms with Gasteiger partial charge in [0.2, 0.25) is 0 Å². The first-order chi connectivity index (χ1) is 7.18. The molecule has 2 heterocycles. The highest BCUT2D eigenvalue weighted by atomic mass is 16.4. The number of pyridine rings is 1. The van der Waals surface area contributed by atoms with E-state index >= 15 is 0 Å². The van der Waals surface area contributed by atoms with Gasteiger partial charge in [-0.1, -0.05) is 0 Å². The smallest absolute Gasteiger partial charge is 0.322 e. The lowest BCUT2D eigenvalue weighted by Crippen LogP contribution is -2.42. The van der Waals surface area contributed by atoms with E-state index in [2.05, 4.69) is 4.98 Å². The van der Waals surface area contributed by atoms with Crippen molar-refractivity contribution in [2.24, 2.45) is 5.73 Å². The molecule has 1 aliphatic heterocycles. The zero-order valence-electron chi connectivity index (χ0n) is 8.26. The van der Waals surface area contributed by atoms with Gasteiger partial charge in [-0.15, -0.1) is 0 Å². The minimum Gasteiger partial charge on any atom is -0.480 e. The van der Waals surface area contributed by atoms with Crippen LogP contribution in [0.3, 0.4) is 0 Å². The van der Waals surface area contributed by atoms with Crippen LogP contribution in [-0.4, -0.2) is 35.2 Å². The third kappa shape index (κ3) is 1.92. The van der Waals surface area contributed by atoms with Crippen LogP contribution in [-0.2, 0) is 11.2 Å². The van der Waals surface area contributed by atoms with Crippen molar-refractivity contribution in [2.45, 2.75) is 12.5 Å². The van der Waals surface area contributed by atoms with Gasteiger partial charge >= 0.3 is 5.97 Å². The van der Waals surface area contributed by atoms with Gasteiger partial charge in [0.25, 0.3) is 0 Å². The summed E-state index contributed by atoms with van der Waals surface area (Å²) < 4.78 is 0. The molecule has 0 amide bonds. The van der Waals surface area contributed by atoms with E-state index in [1.807, 2.05) is 17.0 Å². The molecule has 1 aliphatic rings. The quantitative estimate of drug-likeness (QED) is 0.721. The van der Waals surface area contributed by atoms with E-state index in [0.29, 0.717) is 6.54 Å². The number of aliphatic carboxylic acids is 1. The zero-order chi connectivity index (χ0) is 10.8. The molecule has 1 aromatic rings. The molecule has 0 saturated heterocycles. The number of anilines is 1. The van der Waals surface area contributed by atoms with Crippen molar-refractivity contribution in [1.82, 2.24) is 4.98 Å². The number of rotatable bonds is 3. The van der Waals surface area contributed by atoms with E-state index in [-0.39, 0.29) is 0 Å². The minimum atomic E-state index is -0.965. The van der Waals surface area contributed by atoms with E-state index in [4.69, 9.17) is 10.8 Å². The molecule has 1 atom stereocenters. The van der Waals surface area contributed by atoms with Crippen molar-refractivity contribution in [3.05, 3.63) is 24.0 Å². The first-order valence-electron chi connectivity index (χ1n) is 4.85. The lowest BCUT2D eigenvalue weighted by molar-refractivity contribution is -0.138. The molecule has 0 saturated carbocycles. The van der Waals surface area contributed by atoms with Gasteiger partial charge in [-0.25, -0.2) is 0 Å². The highest BCUT2D eigenvalue weighted by Crippen LogP contribution is 2.25. The summed E-state index contributed by atoms with van der Waals surface area (Å²) in [7, 11) is 0. The van der Waals surface area contributed by atoms with Crippen LogP contribution in [0.2, 0.25) is 0 Å². The Morgan fingerprint density at radius 1 is 1.73 bits per heavy atom. The molecule has 0 fully saturated rings. The summed E-state index contributed by atoms with van der Waals surface area (Å²) in [4.78, 5) is 16.8. The number of aromatic nitrogens is 1. The zero-order valence-corrected chi connectivity index (χ0v) is 8.26. The Morgan fingerprint density at radius 3 is 3.27 bits per heavy atom. The molecular formula is C10H13N3O2. The van der Waals surface area contributed by atoms with Gasteiger partial charge in [-0.3, -0.25) is 9.78 Å². The van der Waals surface area contributed by atoms with Crippen LogP contribution in [0.4, 0.5) is 5.69 Å². The summed E-state index contributed by atoms with van der Waals surface area (Å²) in [6.45, 7) is 1.14. The summed E-state index contributed by atoms with van der Waals surface area (Å²) in [5.74, 6) is -0.965. The largest absolute Gasteiger partial charge is 0.480 e. The molecule has 0 bridgehead atoms. The van der Waals surface area contributed by atoms with Crippen LogP contribution in [0.5, 0.6) is 0 Å². The maximum absolute atomic E-state index is 10.6. The average molecular weight is 207 g/mol. The normalized spacial score (nSPS) is 16.2. The number of carboxylic acid groups (broad SMARTS) is 1. The molecule has 0 radical (unpaired) electrons.